The highest BCUT2D eigenvalue weighted by molar-refractivity contribution is 7.99. The summed E-state index contributed by atoms with van der Waals surface area (Å²) in [5, 5.41) is 3.74. The molecule has 0 bridgehead atoms. The molecule has 0 spiro atoms. The monoisotopic (exact) mass is 235 g/mol. The number of hydrogen-bond acceptors (Lipinski definition) is 3. The third-order valence-electron chi connectivity index (χ3n) is 3.33. The zero-order valence-electron chi connectivity index (χ0n) is 9.32. The average molecular weight is 235 g/mol. The van der Waals surface area contributed by atoms with Gasteiger partial charge in [-0.2, -0.15) is 0 Å². The van der Waals surface area contributed by atoms with Crippen molar-refractivity contribution in [2.45, 2.75) is 29.8 Å². The molecule has 3 heteroatoms. The topological polar surface area (TPSA) is 21.3 Å². The molecule has 0 radical (unpaired) electrons. The SMILES string of the molecule is c1ccc2c(c1)SCCC2NC1CCOC1. The summed E-state index contributed by atoms with van der Waals surface area (Å²) in [7, 11) is 0. The van der Waals surface area contributed by atoms with E-state index in [9.17, 15) is 0 Å². The van der Waals surface area contributed by atoms with Gasteiger partial charge in [0, 0.05) is 23.6 Å². The van der Waals surface area contributed by atoms with Crippen molar-refractivity contribution in [3.8, 4) is 0 Å². The van der Waals surface area contributed by atoms with E-state index in [1.165, 1.54) is 22.6 Å². The van der Waals surface area contributed by atoms with Crippen molar-refractivity contribution in [1.82, 2.24) is 5.32 Å². The van der Waals surface area contributed by atoms with E-state index in [4.69, 9.17) is 4.74 Å². The zero-order valence-corrected chi connectivity index (χ0v) is 10.1. The van der Waals surface area contributed by atoms with Gasteiger partial charge in [-0.25, -0.2) is 0 Å². The van der Waals surface area contributed by atoms with E-state index in [1.54, 1.807) is 0 Å². The summed E-state index contributed by atoms with van der Waals surface area (Å²) in [6, 6.07) is 9.86. The molecule has 1 aromatic carbocycles. The van der Waals surface area contributed by atoms with Crippen LogP contribution >= 0.6 is 11.8 Å². The quantitative estimate of drug-likeness (QED) is 0.851. The van der Waals surface area contributed by atoms with Gasteiger partial charge in [0.15, 0.2) is 0 Å². The predicted molar refractivity (Wildman–Crippen MR) is 66.9 cm³/mol. The fraction of sp³-hybridized carbons (Fsp3) is 0.538. The van der Waals surface area contributed by atoms with E-state index in [0.717, 1.165) is 19.6 Å². The van der Waals surface area contributed by atoms with Crippen LogP contribution < -0.4 is 5.32 Å². The summed E-state index contributed by atoms with van der Waals surface area (Å²) in [5.74, 6) is 1.22. The Bertz CT molecular complexity index is 363. The third kappa shape index (κ3) is 2.12. The van der Waals surface area contributed by atoms with Gasteiger partial charge in [-0.05, 0) is 30.2 Å². The minimum Gasteiger partial charge on any atom is -0.380 e. The Balaban J connectivity index is 1.76. The van der Waals surface area contributed by atoms with Gasteiger partial charge in [0.05, 0.1) is 6.61 Å². The molecule has 2 aliphatic rings. The van der Waals surface area contributed by atoms with E-state index < -0.39 is 0 Å². The van der Waals surface area contributed by atoms with Gasteiger partial charge in [0.25, 0.3) is 0 Å². The van der Waals surface area contributed by atoms with Crippen molar-refractivity contribution in [2.75, 3.05) is 19.0 Å². The molecule has 2 unspecified atom stereocenters. The lowest BCUT2D eigenvalue weighted by Gasteiger charge is -2.28. The molecule has 1 N–H and O–H groups in total. The van der Waals surface area contributed by atoms with Crippen molar-refractivity contribution in [2.24, 2.45) is 0 Å². The van der Waals surface area contributed by atoms with Crippen molar-refractivity contribution >= 4 is 11.8 Å². The second-order valence-corrected chi connectivity index (χ2v) is 5.59. The van der Waals surface area contributed by atoms with Crippen LogP contribution in [0.25, 0.3) is 0 Å². The molecule has 0 aliphatic carbocycles. The van der Waals surface area contributed by atoms with E-state index in [2.05, 4.69) is 29.6 Å². The van der Waals surface area contributed by atoms with Gasteiger partial charge in [-0.3, -0.25) is 0 Å². The van der Waals surface area contributed by atoms with Crippen LogP contribution in [0.1, 0.15) is 24.4 Å². The van der Waals surface area contributed by atoms with Gasteiger partial charge in [0.1, 0.15) is 0 Å². The Morgan fingerprint density at radius 3 is 3.06 bits per heavy atom. The smallest absolute Gasteiger partial charge is 0.0620 e. The molecule has 16 heavy (non-hydrogen) atoms. The van der Waals surface area contributed by atoms with E-state index in [0.29, 0.717) is 12.1 Å². The van der Waals surface area contributed by atoms with Crippen molar-refractivity contribution in [3.05, 3.63) is 29.8 Å². The Morgan fingerprint density at radius 1 is 1.25 bits per heavy atom. The van der Waals surface area contributed by atoms with Crippen LogP contribution in [0.2, 0.25) is 0 Å². The van der Waals surface area contributed by atoms with Crippen molar-refractivity contribution in [3.63, 3.8) is 0 Å². The summed E-state index contributed by atoms with van der Waals surface area (Å²) in [4.78, 5) is 1.45. The summed E-state index contributed by atoms with van der Waals surface area (Å²) in [5.41, 5.74) is 1.48. The van der Waals surface area contributed by atoms with E-state index in [1.807, 2.05) is 11.8 Å². The lowest BCUT2D eigenvalue weighted by Crippen LogP contribution is -2.34. The second-order valence-electron chi connectivity index (χ2n) is 4.45. The van der Waals surface area contributed by atoms with Crippen molar-refractivity contribution in [1.29, 1.82) is 0 Å². The maximum Gasteiger partial charge on any atom is 0.0620 e. The first-order valence-electron chi connectivity index (χ1n) is 5.99. The minimum absolute atomic E-state index is 0.532. The highest BCUT2D eigenvalue weighted by Crippen LogP contribution is 2.36. The van der Waals surface area contributed by atoms with Crippen LogP contribution in [0.3, 0.4) is 0 Å². The van der Waals surface area contributed by atoms with Crippen LogP contribution in [-0.2, 0) is 4.74 Å². The minimum atomic E-state index is 0.532. The highest BCUT2D eigenvalue weighted by atomic mass is 32.2. The number of thioether (sulfide) groups is 1. The molecule has 1 fully saturated rings. The molecule has 3 rings (SSSR count). The lowest BCUT2D eigenvalue weighted by molar-refractivity contribution is 0.187. The second kappa shape index (κ2) is 4.78. The Morgan fingerprint density at radius 2 is 2.19 bits per heavy atom. The first-order valence-corrected chi connectivity index (χ1v) is 6.97. The molecule has 2 nitrogen and oxygen atoms in total. The fourth-order valence-electron chi connectivity index (χ4n) is 2.47. The Labute approximate surface area is 101 Å². The number of benzene rings is 1. The zero-order chi connectivity index (χ0) is 10.8. The first kappa shape index (κ1) is 10.6. The molecule has 1 aromatic rings. The summed E-state index contributed by atoms with van der Waals surface area (Å²) < 4.78 is 5.42. The van der Waals surface area contributed by atoms with Gasteiger partial charge in [0.2, 0.25) is 0 Å². The third-order valence-corrected chi connectivity index (χ3v) is 4.45. The molecule has 2 heterocycles. The largest absolute Gasteiger partial charge is 0.380 e. The number of rotatable bonds is 2. The van der Waals surface area contributed by atoms with Crippen LogP contribution in [-0.4, -0.2) is 25.0 Å². The van der Waals surface area contributed by atoms with Gasteiger partial charge >= 0.3 is 0 Å². The molecule has 2 aliphatic heterocycles. The number of ether oxygens (including phenoxy) is 1. The molecular weight excluding hydrogens is 218 g/mol. The Kier molecular flexibility index (Phi) is 3.18. The van der Waals surface area contributed by atoms with Crippen molar-refractivity contribution < 1.29 is 4.74 Å². The summed E-state index contributed by atoms with van der Waals surface area (Å²) in [6.45, 7) is 1.80. The predicted octanol–water partition coefficient (Wildman–Crippen LogP) is 2.60. The maximum absolute atomic E-state index is 5.42. The maximum atomic E-state index is 5.42. The van der Waals surface area contributed by atoms with Crippen LogP contribution in [0.4, 0.5) is 0 Å². The highest BCUT2D eigenvalue weighted by Gasteiger charge is 2.24. The number of nitrogens with one attached hydrogen (secondary N) is 1. The van der Waals surface area contributed by atoms with Gasteiger partial charge < -0.3 is 10.1 Å². The Hall–Kier alpha value is -0.510. The first-order chi connectivity index (χ1) is 7.93. The van der Waals surface area contributed by atoms with Gasteiger partial charge in [-0.1, -0.05) is 18.2 Å². The summed E-state index contributed by atoms with van der Waals surface area (Å²) in [6.07, 6.45) is 2.39. The molecule has 1 saturated heterocycles. The molecule has 0 saturated carbocycles. The molecule has 2 atom stereocenters. The van der Waals surface area contributed by atoms with E-state index >= 15 is 0 Å². The van der Waals surface area contributed by atoms with Gasteiger partial charge in [-0.15, -0.1) is 11.8 Å². The van der Waals surface area contributed by atoms with Crippen LogP contribution in [0.15, 0.2) is 29.2 Å². The molecule has 86 valence electrons. The summed E-state index contributed by atoms with van der Waals surface area (Å²) >= 11 is 1.98. The fourth-order valence-corrected chi connectivity index (χ4v) is 3.59. The molecule has 0 amide bonds. The molecular formula is C13H17NOS. The number of fused-ring (bicyclic) bond motifs is 1. The lowest BCUT2D eigenvalue weighted by atomic mass is 10.0. The average Bonchev–Trinajstić information content (AvgIpc) is 2.82. The normalized spacial score (nSPS) is 29.0. The molecule has 0 aromatic heterocycles. The van der Waals surface area contributed by atoms with Crippen LogP contribution in [0.5, 0.6) is 0 Å². The van der Waals surface area contributed by atoms with Crippen LogP contribution in [0, 0.1) is 0 Å². The van der Waals surface area contributed by atoms with E-state index in [-0.39, 0.29) is 0 Å². The standard InChI is InChI=1S/C13H17NOS/c1-2-4-13-11(3-1)12(6-8-16-13)14-10-5-7-15-9-10/h1-4,10,12,14H,5-9H2. The number of hydrogen-bond donors (Lipinski definition) is 1.